The third-order valence-electron chi connectivity index (χ3n) is 3.89. The van der Waals surface area contributed by atoms with Crippen LogP contribution in [0.15, 0.2) is 30.3 Å². The molecule has 2 N–H and O–H groups in total. The lowest BCUT2D eigenvalue weighted by atomic mass is 9.93. The van der Waals surface area contributed by atoms with Gasteiger partial charge < -0.3 is 10.6 Å². The zero-order valence-corrected chi connectivity index (χ0v) is 13.1. The molecule has 1 aromatic rings. The van der Waals surface area contributed by atoms with Crippen LogP contribution < -0.4 is 10.6 Å². The van der Waals surface area contributed by atoms with Crippen LogP contribution in [0.25, 0.3) is 0 Å². The van der Waals surface area contributed by atoms with Gasteiger partial charge >= 0.3 is 0 Å². The third kappa shape index (κ3) is 4.80. The summed E-state index contributed by atoms with van der Waals surface area (Å²) in [5.74, 6) is 0.825. The number of nitrogens with one attached hydrogen (secondary N) is 2. The summed E-state index contributed by atoms with van der Waals surface area (Å²) < 4.78 is 0. The fourth-order valence-electron chi connectivity index (χ4n) is 2.63. The van der Waals surface area contributed by atoms with E-state index >= 15 is 0 Å². The minimum atomic E-state index is -0.299. The highest BCUT2D eigenvalue weighted by Crippen LogP contribution is 2.20. The van der Waals surface area contributed by atoms with Crippen molar-refractivity contribution in [2.45, 2.75) is 38.6 Å². The normalized spacial score (nSPS) is 18.4. The van der Waals surface area contributed by atoms with E-state index in [0.717, 1.165) is 25.1 Å². The van der Waals surface area contributed by atoms with Gasteiger partial charge in [-0.3, -0.25) is 4.79 Å². The molecule has 3 nitrogen and oxygen atoms in total. The van der Waals surface area contributed by atoms with Crippen LogP contribution in [0.3, 0.4) is 0 Å². The van der Waals surface area contributed by atoms with Crippen LogP contribution in [0, 0.1) is 5.92 Å². The fourth-order valence-corrected chi connectivity index (χ4v) is 2.63. The molecule has 20 heavy (non-hydrogen) atoms. The maximum absolute atomic E-state index is 12.1. The van der Waals surface area contributed by atoms with E-state index < -0.39 is 0 Å². The maximum atomic E-state index is 12.1. The zero-order valence-electron chi connectivity index (χ0n) is 12.3. The van der Waals surface area contributed by atoms with Crippen molar-refractivity contribution in [3.63, 3.8) is 0 Å². The molecule has 2 rings (SSSR count). The van der Waals surface area contributed by atoms with Gasteiger partial charge in [0.05, 0.1) is 5.54 Å². The van der Waals surface area contributed by atoms with Gasteiger partial charge in [-0.25, -0.2) is 0 Å². The van der Waals surface area contributed by atoms with Crippen LogP contribution in [-0.4, -0.2) is 19.0 Å². The summed E-state index contributed by atoms with van der Waals surface area (Å²) in [7, 11) is 0. The first kappa shape index (κ1) is 17.0. The fraction of sp³-hybridized carbons (Fsp3) is 0.562. The van der Waals surface area contributed by atoms with Crippen molar-refractivity contribution in [1.82, 2.24) is 10.6 Å². The number of halogens is 1. The summed E-state index contributed by atoms with van der Waals surface area (Å²) in [6, 6.07) is 10.1. The summed E-state index contributed by atoms with van der Waals surface area (Å²) >= 11 is 0. The first-order valence-corrected chi connectivity index (χ1v) is 7.15. The van der Waals surface area contributed by atoms with Crippen molar-refractivity contribution in [1.29, 1.82) is 0 Å². The lowest BCUT2D eigenvalue weighted by Gasteiger charge is -2.27. The molecule has 1 aliphatic rings. The van der Waals surface area contributed by atoms with Crippen molar-refractivity contribution in [3.8, 4) is 0 Å². The molecule has 0 spiro atoms. The van der Waals surface area contributed by atoms with Crippen molar-refractivity contribution in [2.75, 3.05) is 13.1 Å². The Morgan fingerprint density at radius 3 is 2.65 bits per heavy atom. The van der Waals surface area contributed by atoms with E-state index in [4.69, 9.17) is 0 Å². The molecule has 0 radical (unpaired) electrons. The highest BCUT2D eigenvalue weighted by molar-refractivity contribution is 5.85. The predicted octanol–water partition coefficient (Wildman–Crippen LogP) is 2.85. The van der Waals surface area contributed by atoms with E-state index in [1.54, 1.807) is 0 Å². The number of hydrogen-bond donors (Lipinski definition) is 2. The van der Waals surface area contributed by atoms with Gasteiger partial charge in [0.1, 0.15) is 0 Å². The molecule has 1 heterocycles. The summed E-state index contributed by atoms with van der Waals surface area (Å²) in [5, 5.41) is 6.48. The topological polar surface area (TPSA) is 41.1 Å². The van der Waals surface area contributed by atoms with Gasteiger partial charge in [-0.1, -0.05) is 30.3 Å². The highest BCUT2D eigenvalue weighted by Gasteiger charge is 2.23. The van der Waals surface area contributed by atoms with Crippen LogP contribution in [0.4, 0.5) is 0 Å². The second-order valence-corrected chi connectivity index (χ2v) is 5.94. The van der Waals surface area contributed by atoms with Crippen LogP contribution in [0.2, 0.25) is 0 Å². The second-order valence-electron chi connectivity index (χ2n) is 5.94. The molecule has 0 saturated carbocycles. The van der Waals surface area contributed by atoms with E-state index in [1.165, 1.54) is 6.42 Å². The number of carbonyl (C=O) groups excluding carboxylic acids is 1. The van der Waals surface area contributed by atoms with Crippen molar-refractivity contribution >= 4 is 18.3 Å². The minimum absolute atomic E-state index is 0. The van der Waals surface area contributed by atoms with Gasteiger partial charge in [0, 0.05) is 6.42 Å². The van der Waals surface area contributed by atoms with Gasteiger partial charge in [-0.2, -0.15) is 0 Å². The summed E-state index contributed by atoms with van der Waals surface area (Å²) in [4.78, 5) is 12.1. The lowest BCUT2D eigenvalue weighted by molar-refractivity contribution is -0.123. The third-order valence-corrected chi connectivity index (χ3v) is 3.89. The van der Waals surface area contributed by atoms with Gasteiger partial charge in [-0.05, 0) is 51.3 Å². The van der Waals surface area contributed by atoms with Gasteiger partial charge in [0.25, 0.3) is 0 Å². The molecular formula is C16H25ClN2O. The Labute approximate surface area is 127 Å². The quantitative estimate of drug-likeness (QED) is 0.877. The molecule has 112 valence electrons. The molecular weight excluding hydrogens is 272 g/mol. The molecule has 1 fully saturated rings. The number of carbonyl (C=O) groups is 1. The smallest absolute Gasteiger partial charge is 0.220 e. The summed E-state index contributed by atoms with van der Waals surface area (Å²) in [6.45, 7) is 6.27. The Balaban J connectivity index is 0.00000200. The molecule has 1 atom stereocenters. The first-order chi connectivity index (χ1) is 9.08. The minimum Gasteiger partial charge on any atom is -0.347 e. The maximum Gasteiger partial charge on any atom is 0.220 e. The SMILES string of the molecule is CC(C)(NC(=O)CCC1CCNC1)c1ccccc1.Cl. The second kappa shape index (κ2) is 7.65. The molecule has 1 amide bonds. The Bertz CT molecular complexity index is 414. The number of rotatable bonds is 5. The highest BCUT2D eigenvalue weighted by atomic mass is 35.5. The van der Waals surface area contributed by atoms with Gasteiger partial charge in [-0.15, -0.1) is 12.4 Å². The number of amides is 1. The Hall–Kier alpha value is -1.06. The van der Waals surface area contributed by atoms with Crippen LogP contribution in [0.1, 0.15) is 38.7 Å². The molecule has 1 unspecified atom stereocenters. The average Bonchev–Trinajstić information content (AvgIpc) is 2.90. The number of benzene rings is 1. The van der Waals surface area contributed by atoms with E-state index in [0.29, 0.717) is 12.3 Å². The van der Waals surface area contributed by atoms with Crippen LogP contribution >= 0.6 is 12.4 Å². The van der Waals surface area contributed by atoms with E-state index in [-0.39, 0.29) is 23.9 Å². The van der Waals surface area contributed by atoms with Crippen LogP contribution in [0.5, 0.6) is 0 Å². The monoisotopic (exact) mass is 296 g/mol. The molecule has 1 aliphatic heterocycles. The average molecular weight is 297 g/mol. The molecule has 0 aromatic heterocycles. The molecule has 1 saturated heterocycles. The van der Waals surface area contributed by atoms with Crippen LogP contribution in [-0.2, 0) is 10.3 Å². The predicted molar refractivity (Wildman–Crippen MR) is 85.1 cm³/mol. The molecule has 4 heteroatoms. The molecule has 0 aliphatic carbocycles. The van der Waals surface area contributed by atoms with Crippen molar-refractivity contribution < 1.29 is 4.79 Å². The van der Waals surface area contributed by atoms with E-state index in [1.807, 2.05) is 18.2 Å². The van der Waals surface area contributed by atoms with Crippen molar-refractivity contribution in [2.24, 2.45) is 5.92 Å². The van der Waals surface area contributed by atoms with Crippen molar-refractivity contribution in [3.05, 3.63) is 35.9 Å². The lowest BCUT2D eigenvalue weighted by Crippen LogP contribution is -2.41. The Morgan fingerprint density at radius 2 is 2.05 bits per heavy atom. The largest absolute Gasteiger partial charge is 0.347 e. The van der Waals surface area contributed by atoms with E-state index in [2.05, 4.69) is 36.6 Å². The van der Waals surface area contributed by atoms with Gasteiger partial charge in [0.2, 0.25) is 5.91 Å². The Kier molecular flexibility index (Phi) is 6.50. The first-order valence-electron chi connectivity index (χ1n) is 7.15. The standard InChI is InChI=1S/C16H24N2O.ClH/c1-16(2,14-6-4-3-5-7-14)18-15(19)9-8-13-10-11-17-12-13;/h3-7,13,17H,8-12H2,1-2H3,(H,18,19);1H. The number of hydrogen-bond acceptors (Lipinski definition) is 2. The summed E-state index contributed by atoms with van der Waals surface area (Å²) in [6.07, 6.45) is 2.82. The Morgan fingerprint density at radius 1 is 1.35 bits per heavy atom. The molecule has 0 bridgehead atoms. The van der Waals surface area contributed by atoms with E-state index in [9.17, 15) is 4.79 Å². The molecule has 1 aromatic carbocycles. The summed E-state index contributed by atoms with van der Waals surface area (Å²) in [5.41, 5.74) is 0.845. The van der Waals surface area contributed by atoms with Gasteiger partial charge in [0.15, 0.2) is 0 Å². The zero-order chi connectivity index (χ0) is 13.7.